The zero-order valence-corrected chi connectivity index (χ0v) is 10.5. The van der Waals surface area contributed by atoms with Gasteiger partial charge in [-0.1, -0.05) is 12.1 Å². The van der Waals surface area contributed by atoms with Crippen LogP contribution in [0.5, 0.6) is 0 Å². The minimum atomic E-state index is -0.431. The van der Waals surface area contributed by atoms with Crippen molar-refractivity contribution in [2.75, 3.05) is 5.32 Å². The Balaban J connectivity index is 1.76. The Hall–Kier alpha value is -2.96. The van der Waals surface area contributed by atoms with Crippen molar-refractivity contribution in [3.63, 3.8) is 0 Å². The van der Waals surface area contributed by atoms with E-state index < -0.39 is 5.91 Å². The Bertz CT molecular complexity index is 749. The number of hydrogen-bond donors (Lipinski definition) is 3. The summed E-state index contributed by atoms with van der Waals surface area (Å²) in [6, 6.07) is 7.09. The molecule has 0 aliphatic carbocycles. The molecule has 7 heteroatoms. The van der Waals surface area contributed by atoms with E-state index in [9.17, 15) is 4.79 Å². The molecule has 100 valence electrons. The van der Waals surface area contributed by atoms with Gasteiger partial charge >= 0.3 is 0 Å². The Morgan fingerprint density at radius 2 is 2.00 bits per heavy atom. The molecule has 0 saturated carbocycles. The Morgan fingerprint density at radius 1 is 1.20 bits per heavy atom. The maximum Gasteiger partial charge on any atom is 0.248 e. The van der Waals surface area contributed by atoms with Gasteiger partial charge in [-0.05, 0) is 17.7 Å². The van der Waals surface area contributed by atoms with Gasteiger partial charge in [0.05, 0.1) is 6.33 Å². The molecule has 0 aliphatic heterocycles. The molecule has 2 aromatic heterocycles. The van der Waals surface area contributed by atoms with E-state index in [4.69, 9.17) is 5.73 Å². The van der Waals surface area contributed by atoms with Crippen molar-refractivity contribution in [1.82, 2.24) is 19.9 Å². The molecule has 0 unspecified atom stereocenters. The molecule has 1 amide bonds. The second-order valence-electron chi connectivity index (χ2n) is 4.24. The molecule has 0 bridgehead atoms. The number of fused-ring (bicyclic) bond motifs is 1. The third kappa shape index (κ3) is 2.28. The highest BCUT2D eigenvalue weighted by Crippen LogP contribution is 2.15. The highest BCUT2D eigenvalue weighted by atomic mass is 16.1. The number of aromatic nitrogens is 4. The summed E-state index contributed by atoms with van der Waals surface area (Å²) < 4.78 is 0. The van der Waals surface area contributed by atoms with Crippen molar-refractivity contribution in [2.45, 2.75) is 6.54 Å². The molecular weight excluding hydrogens is 256 g/mol. The molecule has 0 radical (unpaired) electrons. The molecule has 0 fully saturated rings. The lowest BCUT2D eigenvalue weighted by Gasteiger charge is -2.06. The number of carbonyl (C=O) groups excluding carboxylic acids is 1. The molecule has 0 saturated heterocycles. The largest absolute Gasteiger partial charge is 0.366 e. The number of amides is 1. The van der Waals surface area contributed by atoms with Crippen molar-refractivity contribution < 1.29 is 4.79 Å². The van der Waals surface area contributed by atoms with Crippen LogP contribution in [0, 0.1) is 0 Å². The Labute approximate surface area is 114 Å². The molecule has 3 rings (SSSR count). The first-order valence-corrected chi connectivity index (χ1v) is 6.01. The third-order valence-electron chi connectivity index (χ3n) is 2.92. The standard InChI is InChI=1S/C13H12N6O/c14-11(20)9-3-1-8(2-4-9)5-15-12-10-13(17-6-16-10)19-7-18-12/h1-4,6-7H,5H2,(H2,14,20)(H2,15,16,17,18,19). The summed E-state index contributed by atoms with van der Waals surface area (Å²) in [7, 11) is 0. The number of aromatic amines is 1. The summed E-state index contributed by atoms with van der Waals surface area (Å²) >= 11 is 0. The first-order chi connectivity index (χ1) is 9.74. The molecule has 2 heterocycles. The van der Waals surface area contributed by atoms with Crippen LogP contribution >= 0.6 is 0 Å². The summed E-state index contributed by atoms with van der Waals surface area (Å²) in [6.07, 6.45) is 3.04. The number of benzene rings is 1. The number of rotatable bonds is 4. The van der Waals surface area contributed by atoms with Crippen LogP contribution in [0.25, 0.3) is 11.2 Å². The topological polar surface area (TPSA) is 110 Å². The quantitative estimate of drug-likeness (QED) is 0.655. The molecule has 0 spiro atoms. The van der Waals surface area contributed by atoms with Crippen molar-refractivity contribution in [1.29, 1.82) is 0 Å². The summed E-state index contributed by atoms with van der Waals surface area (Å²) in [6.45, 7) is 0.574. The fourth-order valence-corrected chi connectivity index (χ4v) is 1.87. The van der Waals surface area contributed by atoms with E-state index in [0.29, 0.717) is 23.6 Å². The van der Waals surface area contributed by atoms with Crippen LogP contribution in [0.2, 0.25) is 0 Å². The lowest BCUT2D eigenvalue weighted by atomic mass is 10.1. The second-order valence-corrected chi connectivity index (χ2v) is 4.24. The van der Waals surface area contributed by atoms with Gasteiger partial charge in [0.2, 0.25) is 5.91 Å². The molecule has 20 heavy (non-hydrogen) atoms. The smallest absolute Gasteiger partial charge is 0.248 e. The van der Waals surface area contributed by atoms with Gasteiger partial charge in [0.15, 0.2) is 11.5 Å². The number of anilines is 1. The van der Waals surface area contributed by atoms with E-state index >= 15 is 0 Å². The van der Waals surface area contributed by atoms with E-state index in [1.54, 1.807) is 18.5 Å². The first-order valence-electron chi connectivity index (χ1n) is 6.01. The number of nitrogens with one attached hydrogen (secondary N) is 2. The molecule has 1 aromatic carbocycles. The number of imidazole rings is 1. The maximum absolute atomic E-state index is 11.0. The van der Waals surface area contributed by atoms with Gasteiger partial charge in [0.1, 0.15) is 11.8 Å². The monoisotopic (exact) mass is 268 g/mol. The van der Waals surface area contributed by atoms with Gasteiger partial charge in [0.25, 0.3) is 0 Å². The summed E-state index contributed by atoms with van der Waals surface area (Å²) in [5.74, 6) is 0.256. The van der Waals surface area contributed by atoms with Gasteiger partial charge < -0.3 is 16.0 Å². The predicted octanol–water partition coefficient (Wildman–Crippen LogP) is 1.06. The van der Waals surface area contributed by atoms with E-state index in [1.807, 2.05) is 12.1 Å². The number of nitrogens with zero attached hydrogens (tertiary/aromatic N) is 3. The minimum absolute atomic E-state index is 0.431. The Morgan fingerprint density at radius 3 is 2.75 bits per heavy atom. The van der Waals surface area contributed by atoms with Crippen LogP contribution in [0.4, 0.5) is 5.82 Å². The number of nitrogens with two attached hydrogens (primary N) is 1. The fraction of sp³-hybridized carbons (Fsp3) is 0.0769. The van der Waals surface area contributed by atoms with Crippen LogP contribution in [-0.4, -0.2) is 25.8 Å². The summed E-state index contributed by atoms with van der Waals surface area (Å²) in [4.78, 5) is 26.3. The van der Waals surface area contributed by atoms with Crippen LogP contribution < -0.4 is 11.1 Å². The molecule has 0 atom stereocenters. The Kier molecular flexibility index (Phi) is 3.00. The van der Waals surface area contributed by atoms with Crippen LogP contribution in [-0.2, 0) is 6.54 Å². The van der Waals surface area contributed by atoms with Crippen LogP contribution in [0.3, 0.4) is 0 Å². The van der Waals surface area contributed by atoms with Crippen molar-refractivity contribution in [2.24, 2.45) is 5.73 Å². The summed E-state index contributed by atoms with van der Waals surface area (Å²) in [5, 5.41) is 3.20. The average molecular weight is 268 g/mol. The fourth-order valence-electron chi connectivity index (χ4n) is 1.87. The highest BCUT2D eigenvalue weighted by molar-refractivity contribution is 5.92. The number of carbonyl (C=O) groups is 1. The first kappa shape index (κ1) is 12.1. The second kappa shape index (κ2) is 4.96. The maximum atomic E-state index is 11.0. The molecule has 3 aromatic rings. The number of H-pyrrole nitrogens is 1. The third-order valence-corrected chi connectivity index (χ3v) is 2.92. The molecular formula is C13H12N6O. The summed E-state index contributed by atoms with van der Waals surface area (Å²) in [5.41, 5.74) is 8.09. The van der Waals surface area contributed by atoms with Crippen molar-refractivity contribution in [3.8, 4) is 0 Å². The molecule has 0 aliphatic rings. The number of primary amides is 1. The van der Waals surface area contributed by atoms with Gasteiger partial charge in [-0.15, -0.1) is 0 Å². The van der Waals surface area contributed by atoms with E-state index in [2.05, 4.69) is 25.3 Å². The predicted molar refractivity (Wildman–Crippen MR) is 74.0 cm³/mol. The average Bonchev–Trinajstić information content (AvgIpc) is 2.94. The van der Waals surface area contributed by atoms with Crippen LogP contribution in [0.15, 0.2) is 36.9 Å². The van der Waals surface area contributed by atoms with Crippen molar-refractivity contribution in [3.05, 3.63) is 48.0 Å². The zero-order valence-electron chi connectivity index (χ0n) is 10.5. The van der Waals surface area contributed by atoms with Crippen molar-refractivity contribution >= 4 is 22.9 Å². The number of hydrogen-bond acceptors (Lipinski definition) is 5. The van der Waals surface area contributed by atoms with Gasteiger partial charge in [-0.25, -0.2) is 15.0 Å². The van der Waals surface area contributed by atoms with Gasteiger partial charge in [-0.3, -0.25) is 4.79 Å². The lowest BCUT2D eigenvalue weighted by molar-refractivity contribution is 0.100. The van der Waals surface area contributed by atoms with Gasteiger partial charge in [-0.2, -0.15) is 0 Å². The normalized spacial score (nSPS) is 10.6. The minimum Gasteiger partial charge on any atom is -0.366 e. The van der Waals surface area contributed by atoms with Crippen LogP contribution in [0.1, 0.15) is 15.9 Å². The van der Waals surface area contributed by atoms with E-state index in [1.165, 1.54) is 6.33 Å². The lowest BCUT2D eigenvalue weighted by Crippen LogP contribution is -2.11. The van der Waals surface area contributed by atoms with E-state index in [-0.39, 0.29) is 0 Å². The zero-order chi connectivity index (χ0) is 13.9. The highest BCUT2D eigenvalue weighted by Gasteiger charge is 2.05. The molecule has 4 N–H and O–H groups in total. The SMILES string of the molecule is NC(=O)c1ccc(CNc2ncnc3nc[nH]c23)cc1. The van der Waals surface area contributed by atoms with Gasteiger partial charge in [0, 0.05) is 12.1 Å². The molecule has 7 nitrogen and oxygen atoms in total. The van der Waals surface area contributed by atoms with E-state index in [0.717, 1.165) is 11.1 Å².